The smallest absolute Gasteiger partial charge is 0.0803 e. The number of aromatic nitrogens is 1. The second kappa shape index (κ2) is 6.00. The van der Waals surface area contributed by atoms with Crippen molar-refractivity contribution in [1.82, 2.24) is 4.98 Å². The van der Waals surface area contributed by atoms with Crippen molar-refractivity contribution in [3.8, 4) is 11.3 Å². The Bertz CT molecular complexity index is 815. The SMILES string of the molecule is [2H]C([2H])([2H])c1nc(-c2ccccc2)cc(C([2H])([2H])C(C)(C)C)c1[Si](C)(C)C. The van der Waals surface area contributed by atoms with Gasteiger partial charge in [-0.25, -0.2) is 0 Å². The van der Waals surface area contributed by atoms with Gasteiger partial charge < -0.3 is 0 Å². The van der Waals surface area contributed by atoms with Crippen LogP contribution in [0.1, 0.15) is 38.9 Å². The monoisotopic (exact) mass is 316 g/mol. The summed E-state index contributed by atoms with van der Waals surface area (Å²) in [4.78, 5) is 4.54. The summed E-state index contributed by atoms with van der Waals surface area (Å²) in [5.41, 5.74) is 1.12. The molecule has 1 nitrogen and oxygen atoms in total. The molecule has 0 saturated heterocycles. The fourth-order valence-corrected chi connectivity index (χ4v) is 4.27. The van der Waals surface area contributed by atoms with Gasteiger partial charge in [0, 0.05) is 18.1 Å². The van der Waals surface area contributed by atoms with Gasteiger partial charge in [0.05, 0.1) is 13.8 Å². The molecule has 2 rings (SSSR count). The van der Waals surface area contributed by atoms with Crippen LogP contribution < -0.4 is 5.19 Å². The van der Waals surface area contributed by atoms with E-state index in [4.69, 9.17) is 6.85 Å². The molecule has 0 unspecified atom stereocenters. The van der Waals surface area contributed by atoms with Crippen molar-refractivity contribution in [2.45, 2.75) is 53.6 Å². The molecule has 0 atom stereocenters. The molecule has 0 fully saturated rings. The molecular formula is C20H29NSi. The van der Waals surface area contributed by atoms with Crippen molar-refractivity contribution in [3.63, 3.8) is 0 Å². The highest BCUT2D eigenvalue weighted by Crippen LogP contribution is 2.25. The first kappa shape index (κ1) is 11.2. The number of hydrogen-bond acceptors (Lipinski definition) is 1. The van der Waals surface area contributed by atoms with Crippen LogP contribution in [0.5, 0.6) is 0 Å². The van der Waals surface area contributed by atoms with Crippen molar-refractivity contribution >= 4 is 13.3 Å². The molecule has 0 amide bonds. The Kier molecular flexibility index (Phi) is 3.05. The summed E-state index contributed by atoms with van der Waals surface area (Å²) in [5, 5.41) is 0.613. The lowest BCUT2D eigenvalue weighted by molar-refractivity contribution is 0.412. The van der Waals surface area contributed by atoms with E-state index < -0.39 is 26.7 Å². The van der Waals surface area contributed by atoms with Crippen molar-refractivity contribution < 1.29 is 6.85 Å². The van der Waals surface area contributed by atoms with Crippen LogP contribution in [0.25, 0.3) is 11.3 Å². The Hall–Kier alpha value is -1.41. The van der Waals surface area contributed by atoms with Crippen LogP contribution >= 0.6 is 0 Å². The third-order valence-electron chi connectivity index (χ3n) is 3.35. The van der Waals surface area contributed by atoms with Gasteiger partial charge >= 0.3 is 0 Å². The molecule has 118 valence electrons. The predicted molar refractivity (Wildman–Crippen MR) is 101 cm³/mol. The van der Waals surface area contributed by atoms with Crippen molar-refractivity contribution in [2.24, 2.45) is 5.41 Å². The first-order chi connectivity index (χ1) is 12.1. The van der Waals surface area contributed by atoms with Gasteiger partial charge in [-0.05, 0) is 35.5 Å². The molecule has 22 heavy (non-hydrogen) atoms. The Morgan fingerprint density at radius 1 is 1.14 bits per heavy atom. The molecule has 1 heterocycles. The van der Waals surface area contributed by atoms with E-state index in [1.165, 1.54) is 0 Å². The second-order valence-electron chi connectivity index (χ2n) is 7.77. The number of rotatable bonds is 3. The molecule has 0 bridgehead atoms. The molecule has 0 radical (unpaired) electrons. The molecule has 1 aromatic carbocycles. The zero-order chi connectivity index (χ0) is 20.8. The average Bonchev–Trinajstić information content (AvgIpc) is 2.51. The maximum Gasteiger partial charge on any atom is 0.0803 e. The molecule has 0 aliphatic rings. The van der Waals surface area contributed by atoms with E-state index in [2.05, 4.69) is 4.98 Å². The highest BCUT2D eigenvalue weighted by atomic mass is 28.3. The van der Waals surface area contributed by atoms with Gasteiger partial charge in [0.25, 0.3) is 0 Å². The summed E-state index contributed by atoms with van der Waals surface area (Å²) in [6, 6.07) is 11.1. The van der Waals surface area contributed by atoms with Gasteiger partial charge in [-0.2, -0.15) is 0 Å². The summed E-state index contributed by atoms with van der Waals surface area (Å²) in [6.07, 6.45) is -1.70. The summed E-state index contributed by atoms with van der Waals surface area (Å²) in [6.45, 7) is 9.27. The Morgan fingerprint density at radius 3 is 2.27 bits per heavy atom. The fraction of sp³-hybridized carbons (Fsp3) is 0.450. The number of hydrogen-bond donors (Lipinski definition) is 0. The van der Waals surface area contributed by atoms with Gasteiger partial charge in [0.1, 0.15) is 0 Å². The minimum atomic E-state index is -2.40. The summed E-state index contributed by atoms with van der Waals surface area (Å²) in [5.74, 6) is 0. The lowest BCUT2D eigenvalue weighted by Gasteiger charge is -2.28. The summed E-state index contributed by atoms with van der Waals surface area (Å²) < 4.78 is 42.0. The second-order valence-corrected chi connectivity index (χ2v) is 12.8. The largest absolute Gasteiger partial charge is 0.253 e. The lowest BCUT2D eigenvalue weighted by Crippen LogP contribution is -2.43. The Morgan fingerprint density at radius 2 is 1.77 bits per heavy atom. The van der Waals surface area contributed by atoms with Gasteiger partial charge in [-0.3, -0.25) is 4.98 Å². The number of nitrogens with zero attached hydrogens (tertiary/aromatic N) is 1. The molecule has 0 aliphatic carbocycles. The highest BCUT2D eigenvalue weighted by molar-refractivity contribution is 6.89. The van der Waals surface area contributed by atoms with Gasteiger partial charge in [-0.15, -0.1) is 0 Å². The Labute approximate surface area is 143 Å². The maximum absolute atomic E-state index is 8.88. The zero-order valence-corrected chi connectivity index (χ0v) is 15.4. The third-order valence-corrected chi connectivity index (χ3v) is 5.35. The van der Waals surface area contributed by atoms with Crippen LogP contribution in [-0.2, 0) is 6.37 Å². The maximum atomic E-state index is 8.88. The molecule has 0 saturated carbocycles. The quantitative estimate of drug-likeness (QED) is 0.710. The average molecular weight is 317 g/mol. The van der Waals surface area contributed by atoms with Crippen LogP contribution in [0.4, 0.5) is 0 Å². The van der Waals surface area contributed by atoms with Gasteiger partial charge in [0.15, 0.2) is 0 Å². The van der Waals surface area contributed by atoms with E-state index in [1.807, 2.05) is 70.7 Å². The van der Waals surface area contributed by atoms with E-state index in [-0.39, 0.29) is 5.69 Å². The lowest BCUT2D eigenvalue weighted by atomic mass is 9.87. The number of aryl methyl sites for hydroxylation is 1. The van der Waals surface area contributed by atoms with E-state index in [1.54, 1.807) is 6.07 Å². The fourth-order valence-electron chi connectivity index (χ4n) is 2.56. The first-order valence-electron chi connectivity index (χ1n) is 10.2. The molecule has 2 aromatic rings. The van der Waals surface area contributed by atoms with Crippen LogP contribution in [-0.4, -0.2) is 13.1 Å². The van der Waals surface area contributed by atoms with E-state index in [0.717, 1.165) is 5.56 Å². The predicted octanol–water partition coefficient (Wildman–Crippen LogP) is 5.19. The molecule has 0 spiro atoms. The standard InChI is InChI=1S/C20H29NSi/c1-15-19(22(5,6)7)17(14-20(2,3)4)13-18(21-15)16-11-9-8-10-12-16/h8-13H,14H2,1-7H3/i1D3,14D2. The molecule has 1 aromatic heterocycles. The first-order valence-corrected chi connectivity index (χ1v) is 11.2. The van der Waals surface area contributed by atoms with Crippen molar-refractivity contribution in [3.05, 3.63) is 47.7 Å². The molecule has 0 N–H and O–H groups in total. The van der Waals surface area contributed by atoms with Crippen molar-refractivity contribution in [2.75, 3.05) is 0 Å². The third kappa shape index (κ3) is 4.07. The van der Waals surface area contributed by atoms with E-state index in [0.29, 0.717) is 16.4 Å². The molecular weight excluding hydrogens is 282 g/mol. The molecule has 2 heteroatoms. The summed E-state index contributed by atoms with van der Waals surface area (Å²) in [7, 11) is -2.21. The highest BCUT2D eigenvalue weighted by Gasteiger charge is 2.26. The van der Waals surface area contributed by atoms with Crippen LogP contribution in [0.15, 0.2) is 36.4 Å². The van der Waals surface area contributed by atoms with Crippen LogP contribution in [0.3, 0.4) is 0 Å². The van der Waals surface area contributed by atoms with Gasteiger partial charge in [0.2, 0.25) is 0 Å². The van der Waals surface area contributed by atoms with Gasteiger partial charge in [-0.1, -0.05) is 70.7 Å². The minimum Gasteiger partial charge on any atom is -0.253 e. The summed E-state index contributed by atoms with van der Waals surface area (Å²) >= 11 is 0. The van der Waals surface area contributed by atoms with Crippen LogP contribution in [0.2, 0.25) is 19.6 Å². The topological polar surface area (TPSA) is 12.9 Å². The van der Waals surface area contributed by atoms with Crippen molar-refractivity contribution in [1.29, 1.82) is 0 Å². The Balaban J connectivity index is 2.99. The normalized spacial score (nSPS) is 17.1. The van der Waals surface area contributed by atoms with Crippen LogP contribution in [0, 0.1) is 12.3 Å². The number of pyridine rings is 1. The minimum absolute atomic E-state index is 0.0474. The van der Waals surface area contributed by atoms with E-state index >= 15 is 0 Å². The number of benzene rings is 1. The molecule has 0 aliphatic heterocycles. The zero-order valence-electron chi connectivity index (χ0n) is 19.4. The van der Waals surface area contributed by atoms with E-state index in [9.17, 15) is 0 Å².